The van der Waals surface area contributed by atoms with Gasteiger partial charge < -0.3 is 14.2 Å². The summed E-state index contributed by atoms with van der Waals surface area (Å²) in [6.07, 6.45) is -1.58. The average Bonchev–Trinajstić information content (AvgIpc) is 2.19. The van der Waals surface area contributed by atoms with Crippen molar-refractivity contribution in [1.29, 1.82) is 0 Å². The standard InChI is InChI=1S/C9H12BrIO6/c1-5(13)16-7(3-15-4-12)8(9(10)11)17-6(2)14/h4,7-9H,3H2,1-2H3/t7-,8-,9+/m0/s1. The Kier molecular flexibility index (Phi) is 8.48. The molecule has 0 aliphatic heterocycles. The molecule has 0 aromatic carbocycles. The second-order valence-electron chi connectivity index (χ2n) is 2.99. The number of alkyl halides is 2. The molecule has 0 aliphatic carbocycles. The molecule has 0 radical (unpaired) electrons. The number of halogens is 2. The molecule has 0 rings (SSSR count). The van der Waals surface area contributed by atoms with E-state index in [2.05, 4.69) is 20.7 Å². The Hall–Kier alpha value is -0.380. The van der Waals surface area contributed by atoms with Gasteiger partial charge in [0.25, 0.3) is 6.47 Å². The third-order valence-electron chi connectivity index (χ3n) is 1.56. The fourth-order valence-corrected chi connectivity index (χ4v) is 2.08. The summed E-state index contributed by atoms with van der Waals surface area (Å²) in [5, 5.41) is 0. The SMILES string of the molecule is CC(=O)O[C@H]([C@H](Br)I)[C@H](COC=O)OC(C)=O. The van der Waals surface area contributed by atoms with Gasteiger partial charge in [0.15, 0.2) is 12.2 Å². The number of ether oxygens (including phenoxy) is 3. The first kappa shape index (κ1) is 16.6. The van der Waals surface area contributed by atoms with E-state index in [1.807, 2.05) is 22.6 Å². The Morgan fingerprint density at radius 2 is 1.82 bits per heavy atom. The molecule has 0 fully saturated rings. The summed E-state index contributed by atoms with van der Waals surface area (Å²) in [6.45, 7) is 2.52. The van der Waals surface area contributed by atoms with Crippen LogP contribution in [0.15, 0.2) is 0 Å². The highest BCUT2D eigenvalue weighted by Crippen LogP contribution is 2.22. The second kappa shape index (κ2) is 8.67. The average molecular weight is 423 g/mol. The monoisotopic (exact) mass is 422 g/mol. The molecule has 0 heterocycles. The van der Waals surface area contributed by atoms with Crippen molar-refractivity contribution in [1.82, 2.24) is 0 Å². The van der Waals surface area contributed by atoms with Crippen LogP contribution in [0.3, 0.4) is 0 Å². The highest BCUT2D eigenvalue weighted by Gasteiger charge is 2.32. The van der Waals surface area contributed by atoms with Crippen molar-refractivity contribution < 1.29 is 28.6 Å². The highest BCUT2D eigenvalue weighted by molar-refractivity contribution is 14.1. The number of esters is 2. The summed E-state index contributed by atoms with van der Waals surface area (Å²) >= 11 is 5.18. The van der Waals surface area contributed by atoms with E-state index < -0.39 is 24.1 Å². The van der Waals surface area contributed by atoms with Gasteiger partial charge in [-0.15, -0.1) is 0 Å². The van der Waals surface area contributed by atoms with Crippen molar-refractivity contribution >= 4 is 56.9 Å². The van der Waals surface area contributed by atoms with Gasteiger partial charge in [-0.25, -0.2) is 0 Å². The second-order valence-corrected chi connectivity index (χ2v) is 7.03. The number of carbonyl (C=O) groups is 3. The van der Waals surface area contributed by atoms with Gasteiger partial charge in [-0.2, -0.15) is 0 Å². The van der Waals surface area contributed by atoms with Crippen molar-refractivity contribution in [3.05, 3.63) is 0 Å². The molecule has 0 bridgehead atoms. The molecule has 0 unspecified atom stereocenters. The maximum absolute atomic E-state index is 10.9. The maximum atomic E-state index is 10.9. The summed E-state index contributed by atoms with van der Waals surface area (Å²) in [4.78, 5) is 32.0. The highest BCUT2D eigenvalue weighted by atomic mass is 127. The largest absolute Gasteiger partial charge is 0.464 e. The van der Waals surface area contributed by atoms with Crippen molar-refractivity contribution in [2.24, 2.45) is 0 Å². The topological polar surface area (TPSA) is 78.9 Å². The molecule has 0 spiro atoms. The van der Waals surface area contributed by atoms with Crippen LogP contribution in [-0.4, -0.2) is 40.1 Å². The van der Waals surface area contributed by atoms with Crippen LogP contribution >= 0.6 is 38.5 Å². The lowest BCUT2D eigenvalue weighted by atomic mass is 10.2. The van der Waals surface area contributed by atoms with Gasteiger partial charge in [0, 0.05) is 13.8 Å². The van der Waals surface area contributed by atoms with Crippen molar-refractivity contribution in [2.75, 3.05) is 6.61 Å². The van der Waals surface area contributed by atoms with Gasteiger partial charge in [-0.1, -0.05) is 38.5 Å². The number of carbonyl (C=O) groups excluding carboxylic acids is 3. The van der Waals surface area contributed by atoms with Crippen LogP contribution in [0.5, 0.6) is 0 Å². The van der Waals surface area contributed by atoms with E-state index in [9.17, 15) is 14.4 Å². The van der Waals surface area contributed by atoms with E-state index >= 15 is 0 Å². The van der Waals surface area contributed by atoms with Crippen LogP contribution in [0.2, 0.25) is 0 Å². The van der Waals surface area contributed by atoms with Crippen LogP contribution in [0, 0.1) is 0 Å². The van der Waals surface area contributed by atoms with Crippen LogP contribution in [0.25, 0.3) is 0 Å². The lowest BCUT2D eigenvalue weighted by Crippen LogP contribution is -2.41. The normalized spacial score (nSPS) is 15.3. The predicted molar refractivity (Wildman–Crippen MR) is 69.9 cm³/mol. The lowest BCUT2D eigenvalue weighted by Gasteiger charge is -2.26. The Balaban J connectivity index is 4.71. The molecule has 0 aliphatic rings. The minimum absolute atomic E-state index is 0.174. The van der Waals surface area contributed by atoms with E-state index in [1.165, 1.54) is 13.8 Å². The van der Waals surface area contributed by atoms with Gasteiger partial charge in [-0.3, -0.25) is 14.4 Å². The molecule has 0 N–H and O–H groups in total. The Morgan fingerprint density at radius 3 is 2.18 bits per heavy atom. The van der Waals surface area contributed by atoms with Gasteiger partial charge in [0.05, 0.1) is 0 Å². The first-order valence-electron chi connectivity index (χ1n) is 4.56. The maximum Gasteiger partial charge on any atom is 0.303 e. The van der Waals surface area contributed by atoms with E-state index in [4.69, 9.17) is 9.47 Å². The fraction of sp³-hybridized carbons (Fsp3) is 0.667. The molecular formula is C9H12BrIO6. The van der Waals surface area contributed by atoms with E-state index in [0.717, 1.165) is 0 Å². The van der Waals surface area contributed by atoms with E-state index in [-0.39, 0.29) is 15.9 Å². The minimum atomic E-state index is -0.845. The first-order chi connectivity index (χ1) is 7.88. The molecule has 6 nitrogen and oxygen atoms in total. The molecule has 0 aromatic heterocycles. The van der Waals surface area contributed by atoms with Crippen molar-refractivity contribution in [3.63, 3.8) is 0 Å². The van der Waals surface area contributed by atoms with Gasteiger partial charge >= 0.3 is 11.9 Å². The fourth-order valence-electron chi connectivity index (χ4n) is 1.02. The first-order valence-corrected chi connectivity index (χ1v) is 6.72. The van der Waals surface area contributed by atoms with Crippen molar-refractivity contribution in [2.45, 2.75) is 28.9 Å². The third kappa shape index (κ3) is 7.53. The van der Waals surface area contributed by atoms with Gasteiger partial charge in [0.1, 0.15) is 9.44 Å². The zero-order chi connectivity index (χ0) is 13.4. The predicted octanol–water partition coefficient (Wildman–Crippen LogP) is 1.18. The summed E-state index contributed by atoms with van der Waals surface area (Å²) < 4.78 is 14.2. The molecule has 8 heteroatoms. The third-order valence-corrected chi connectivity index (χ3v) is 2.79. The molecule has 0 amide bonds. The molecule has 0 saturated carbocycles. The lowest BCUT2D eigenvalue weighted by molar-refractivity contribution is -0.169. The minimum Gasteiger partial charge on any atom is -0.464 e. The molecule has 0 aromatic rings. The number of hydrogen-bond donors (Lipinski definition) is 0. The van der Waals surface area contributed by atoms with Crippen LogP contribution in [-0.2, 0) is 28.6 Å². The Morgan fingerprint density at radius 1 is 1.29 bits per heavy atom. The van der Waals surface area contributed by atoms with Crippen LogP contribution in [0.4, 0.5) is 0 Å². The smallest absolute Gasteiger partial charge is 0.303 e. The van der Waals surface area contributed by atoms with E-state index in [1.54, 1.807) is 0 Å². The summed E-state index contributed by atoms with van der Waals surface area (Å²) in [6, 6.07) is 0. The summed E-state index contributed by atoms with van der Waals surface area (Å²) in [5.41, 5.74) is 0. The summed E-state index contributed by atoms with van der Waals surface area (Å²) in [7, 11) is 0. The Labute approximate surface area is 121 Å². The summed E-state index contributed by atoms with van der Waals surface area (Å²) in [5.74, 6) is -1.06. The quantitative estimate of drug-likeness (QED) is 0.201. The zero-order valence-corrected chi connectivity index (χ0v) is 13.0. The molecule has 17 heavy (non-hydrogen) atoms. The number of hydrogen-bond acceptors (Lipinski definition) is 6. The number of rotatable bonds is 7. The molecule has 98 valence electrons. The van der Waals surface area contributed by atoms with Crippen molar-refractivity contribution in [3.8, 4) is 0 Å². The molecule has 0 saturated heterocycles. The molecule has 3 atom stereocenters. The van der Waals surface area contributed by atoms with Crippen LogP contribution in [0.1, 0.15) is 13.8 Å². The zero-order valence-electron chi connectivity index (χ0n) is 9.22. The molecular weight excluding hydrogens is 411 g/mol. The van der Waals surface area contributed by atoms with Gasteiger partial charge in [-0.05, 0) is 0 Å². The van der Waals surface area contributed by atoms with E-state index in [0.29, 0.717) is 0 Å². The van der Waals surface area contributed by atoms with Crippen LogP contribution < -0.4 is 0 Å². The Bertz CT molecular complexity index is 283. The van der Waals surface area contributed by atoms with Gasteiger partial charge in [0.2, 0.25) is 0 Å².